The van der Waals surface area contributed by atoms with Crippen molar-refractivity contribution in [2.45, 2.75) is 51.0 Å². The van der Waals surface area contributed by atoms with E-state index in [1.165, 1.54) is 0 Å². The van der Waals surface area contributed by atoms with Crippen molar-refractivity contribution in [1.82, 2.24) is 14.4 Å². The summed E-state index contributed by atoms with van der Waals surface area (Å²) >= 11 is 6.13. The molecule has 0 bridgehead atoms. The topological polar surface area (TPSA) is 90.7 Å². The number of hydrogen-bond donors (Lipinski definition) is 2. The van der Waals surface area contributed by atoms with Crippen molar-refractivity contribution in [3.8, 4) is 0 Å². The average Bonchev–Trinajstić information content (AvgIpc) is 3.44. The minimum absolute atomic E-state index is 0.0893. The first-order valence-electron chi connectivity index (χ1n) is 11.7. The van der Waals surface area contributed by atoms with Crippen LogP contribution in [0.1, 0.15) is 58.9 Å². The normalized spacial score (nSPS) is 20.3. The number of carbonyl (C=O) groups is 1. The lowest BCUT2D eigenvalue weighted by Crippen LogP contribution is -2.29. The molecule has 4 aromatic rings. The minimum atomic E-state index is -0.259. The molecule has 6 rings (SSSR count). The van der Waals surface area contributed by atoms with E-state index >= 15 is 0 Å². The van der Waals surface area contributed by atoms with Gasteiger partial charge in [-0.1, -0.05) is 11.6 Å². The molecule has 0 radical (unpaired) electrons. The van der Waals surface area contributed by atoms with Crippen molar-refractivity contribution >= 4 is 39.7 Å². The Balaban J connectivity index is 1.46. The third-order valence-electron chi connectivity index (χ3n) is 7.33. The van der Waals surface area contributed by atoms with E-state index < -0.39 is 0 Å². The fourth-order valence-electron chi connectivity index (χ4n) is 5.52. The van der Waals surface area contributed by atoms with Crippen molar-refractivity contribution in [2.75, 3.05) is 11.4 Å². The fraction of sp³-hybridized carbons (Fsp3) is 0.346. The maximum Gasteiger partial charge on any atom is 0.274 e. The molecule has 1 fully saturated rings. The van der Waals surface area contributed by atoms with Gasteiger partial charge in [0.05, 0.1) is 23.3 Å². The number of hydrogen-bond acceptors (Lipinski definition) is 4. The molecule has 8 heteroatoms. The zero-order chi connectivity index (χ0) is 23.6. The quantitative estimate of drug-likeness (QED) is 0.449. The Kier molecular flexibility index (Phi) is 5.00. The Hall–Kier alpha value is -3.16. The molecule has 0 atom stereocenters. The number of fused-ring (bicyclic) bond motifs is 4. The maximum atomic E-state index is 13.6. The third kappa shape index (κ3) is 3.34. The lowest BCUT2D eigenvalue weighted by atomic mass is 9.87. The number of aromatic nitrogens is 3. The van der Waals surface area contributed by atoms with Crippen molar-refractivity contribution in [3.63, 3.8) is 0 Å². The molecule has 7 nitrogen and oxygen atoms in total. The molecule has 3 heterocycles. The van der Waals surface area contributed by atoms with Crippen LogP contribution in [0.25, 0.3) is 16.6 Å². The number of nitrogens with one attached hydrogen (secondary N) is 1. The molecule has 2 aromatic heterocycles. The lowest BCUT2D eigenvalue weighted by Gasteiger charge is -2.25. The Morgan fingerprint density at radius 3 is 2.74 bits per heavy atom. The predicted molar refractivity (Wildman–Crippen MR) is 132 cm³/mol. The average molecular weight is 477 g/mol. The van der Waals surface area contributed by atoms with Crippen molar-refractivity contribution < 1.29 is 9.90 Å². The summed E-state index contributed by atoms with van der Waals surface area (Å²) in [7, 11) is 0. The van der Waals surface area contributed by atoms with Gasteiger partial charge in [0.1, 0.15) is 11.3 Å². The SMILES string of the molecule is Cc1cc2c(cc1C(=O)N1CCc3cc(Cl)ccc31)[nH]c(=O)c1cnc(C3CCC(O)CC3)n12. The minimum Gasteiger partial charge on any atom is -0.393 e. The molecule has 34 heavy (non-hydrogen) atoms. The summed E-state index contributed by atoms with van der Waals surface area (Å²) in [6.45, 7) is 2.52. The number of H-pyrrole nitrogens is 1. The summed E-state index contributed by atoms with van der Waals surface area (Å²) < 4.78 is 1.94. The summed E-state index contributed by atoms with van der Waals surface area (Å²) in [6.07, 6.45) is 5.27. The highest BCUT2D eigenvalue weighted by Crippen LogP contribution is 2.35. The van der Waals surface area contributed by atoms with E-state index in [-0.39, 0.29) is 23.5 Å². The van der Waals surface area contributed by atoms with Gasteiger partial charge in [0.25, 0.3) is 11.5 Å². The van der Waals surface area contributed by atoms with Crippen molar-refractivity contribution in [3.05, 3.63) is 74.4 Å². The zero-order valence-corrected chi connectivity index (χ0v) is 19.6. The van der Waals surface area contributed by atoms with Crippen LogP contribution in [-0.2, 0) is 6.42 Å². The number of aryl methyl sites for hydroxylation is 1. The second kappa shape index (κ2) is 7.96. The van der Waals surface area contributed by atoms with Gasteiger partial charge in [0, 0.05) is 28.7 Å². The number of aliphatic hydroxyl groups excluding tert-OH is 1. The Morgan fingerprint density at radius 2 is 1.94 bits per heavy atom. The number of anilines is 1. The number of imidazole rings is 1. The van der Waals surface area contributed by atoms with Crippen LogP contribution in [0.15, 0.2) is 41.3 Å². The number of amides is 1. The van der Waals surface area contributed by atoms with Crippen molar-refractivity contribution in [2.24, 2.45) is 0 Å². The summed E-state index contributed by atoms with van der Waals surface area (Å²) in [5.41, 5.74) is 5.06. The molecule has 0 saturated heterocycles. The van der Waals surface area contributed by atoms with Gasteiger partial charge < -0.3 is 15.0 Å². The molecule has 174 valence electrons. The standard InChI is InChI=1S/C26H25ClN4O3/c1-14-10-22-20(12-19(14)26(34)30-9-8-16-11-17(27)4-7-21(16)30)29-25(33)23-13-28-24(31(22)23)15-2-5-18(32)6-3-15/h4,7,10-13,15,18,32H,2-3,5-6,8-9H2,1H3,(H,29,33). The van der Waals surface area contributed by atoms with Crippen molar-refractivity contribution in [1.29, 1.82) is 0 Å². The molecule has 1 aliphatic heterocycles. The van der Waals surface area contributed by atoms with Crippen LogP contribution in [0.5, 0.6) is 0 Å². The van der Waals surface area contributed by atoms with Gasteiger partial charge in [-0.3, -0.25) is 14.0 Å². The highest BCUT2D eigenvalue weighted by atomic mass is 35.5. The number of carbonyl (C=O) groups excluding carboxylic acids is 1. The van der Waals surface area contributed by atoms with Crippen LogP contribution in [0.4, 0.5) is 5.69 Å². The third-order valence-corrected chi connectivity index (χ3v) is 7.56. The first-order valence-corrected chi connectivity index (χ1v) is 12.1. The second-order valence-corrected chi connectivity index (χ2v) is 9.90. The molecule has 2 N–H and O–H groups in total. The predicted octanol–water partition coefficient (Wildman–Crippen LogP) is 4.36. The van der Waals surface area contributed by atoms with Gasteiger partial charge in [-0.2, -0.15) is 0 Å². The summed E-state index contributed by atoms with van der Waals surface area (Å²) in [6, 6.07) is 9.36. The van der Waals surface area contributed by atoms with Gasteiger partial charge in [0.15, 0.2) is 0 Å². The smallest absolute Gasteiger partial charge is 0.274 e. The van der Waals surface area contributed by atoms with Gasteiger partial charge in [-0.15, -0.1) is 0 Å². The summed E-state index contributed by atoms with van der Waals surface area (Å²) in [4.78, 5) is 35.8. The van der Waals surface area contributed by atoms with Crippen LogP contribution in [0.3, 0.4) is 0 Å². The van der Waals surface area contributed by atoms with Gasteiger partial charge in [-0.25, -0.2) is 4.98 Å². The van der Waals surface area contributed by atoms with Crippen LogP contribution in [-0.4, -0.2) is 38.0 Å². The highest BCUT2D eigenvalue weighted by Gasteiger charge is 2.28. The molecule has 0 spiro atoms. The molecule has 2 aromatic carbocycles. The maximum absolute atomic E-state index is 13.6. The largest absolute Gasteiger partial charge is 0.393 e. The summed E-state index contributed by atoms with van der Waals surface area (Å²) in [5, 5.41) is 10.6. The van der Waals surface area contributed by atoms with E-state index in [4.69, 9.17) is 11.6 Å². The van der Waals surface area contributed by atoms with E-state index in [0.29, 0.717) is 28.2 Å². The number of aromatic amines is 1. The number of aliphatic hydroxyl groups is 1. The molecular formula is C26H25ClN4O3. The van der Waals surface area contributed by atoms with E-state index in [0.717, 1.165) is 60.3 Å². The Morgan fingerprint density at radius 1 is 1.15 bits per heavy atom. The molecule has 1 aliphatic carbocycles. The van der Waals surface area contributed by atoms with Crippen LogP contribution in [0.2, 0.25) is 5.02 Å². The van der Waals surface area contributed by atoms with Crippen LogP contribution in [0, 0.1) is 6.92 Å². The zero-order valence-electron chi connectivity index (χ0n) is 18.8. The second-order valence-electron chi connectivity index (χ2n) is 9.46. The number of benzene rings is 2. The molecule has 0 unspecified atom stereocenters. The molecule has 1 saturated carbocycles. The van der Waals surface area contributed by atoms with Gasteiger partial charge >= 0.3 is 0 Å². The lowest BCUT2D eigenvalue weighted by molar-refractivity contribution is 0.0989. The first-order chi connectivity index (χ1) is 16.4. The number of rotatable bonds is 2. The van der Waals surface area contributed by atoms with Gasteiger partial charge in [0.2, 0.25) is 0 Å². The van der Waals surface area contributed by atoms with E-state index in [2.05, 4.69) is 9.97 Å². The first kappa shape index (κ1) is 21.4. The fourth-order valence-corrected chi connectivity index (χ4v) is 5.72. The van der Waals surface area contributed by atoms with Crippen LogP contribution < -0.4 is 10.5 Å². The molecule has 1 amide bonds. The molecular weight excluding hydrogens is 452 g/mol. The highest BCUT2D eigenvalue weighted by molar-refractivity contribution is 6.30. The van der Waals surface area contributed by atoms with E-state index in [1.54, 1.807) is 23.2 Å². The van der Waals surface area contributed by atoms with Gasteiger partial charge in [-0.05, 0) is 80.5 Å². The monoisotopic (exact) mass is 476 g/mol. The number of nitrogens with zero attached hydrogens (tertiary/aromatic N) is 3. The van der Waals surface area contributed by atoms with Crippen LogP contribution >= 0.6 is 11.6 Å². The summed E-state index contributed by atoms with van der Waals surface area (Å²) in [5.74, 6) is 0.945. The molecule has 2 aliphatic rings. The van der Waals surface area contributed by atoms with E-state index in [1.807, 2.05) is 29.5 Å². The Bertz CT molecular complexity index is 1510. The Labute approximate surface area is 201 Å². The van der Waals surface area contributed by atoms with E-state index in [9.17, 15) is 14.7 Å². The number of halogens is 1.